The van der Waals surface area contributed by atoms with Crippen molar-refractivity contribution >= 4 is 11.6 Å². The van der Waals surface area contributed by atoms with Crippen molar-refractivity contribution in [2.24, 2.45) is 0 Å². The van der Waals surface area contributed by atoms with Crippen LogP contribution >= 0.6 is 11.6 Å². The molecule has 0 fully saturated rings. The third kappa shape index (κ3) is 3.87. The number of hydrogen-bond acceptors (Lipinski definition) is 1. The van der Waals surface area contributed by atoms with Crippen molar-refractivity contribution in [3.05, 3.63) is 70.2 Å². The van der Waals surface area contributed by atoms with E-state index in [2.05, 4.69) is 48.6 Å². The molecule has 3 rings (SSSR count). The molecule has 2 aromatic carbocycles. The van der Waals surface area contributed by atoms with Crippen LogP contribution in [-0.4, -0.2) is 12.1 Å². The molecular formula is C19H22ClN. The summed E-state index contributed by atoms with van der Waals surface area (Å²) in [4.78, 5) is 0. The standard InChI is InChI=1S/C19H22ClN/c1-14(12-15-6-9-18(20)10-7-15)21-19-11-8-16-4-2-3-5-17(16)13-19/h2-7,9-10,14,19,21H,8,11-13H2,1H3. The fourth-order valence-electron chi connectivity index (χ4n) is 3.28. The zero-order chi connectivity index (χ0) is 14.7. The Balaban J connectivity index is 1.56. The van der Waals surface area contributed by atoms with E-state index >= 15 is 0 Å². The predicted octanol–water partition coefficient (Wildman–Crippen LogP) is 4.42. The normalized spacial score (nSPS) is 19.0. The molecule has 0 bridgehead atoms. The third-order valence-corrected chi connectivity index (χ3v) is 4.57. The molecule has 0 amide bonds. The van der Waals surface area contributed by atoms with Crippen LogP contribution in [0.25, 0.3) is 0 Å². The van der Waals surface area contributed by atoms with E-state index in [1.807, 2.05) is 12.1 Å². The summed E-state index contributed by atoms with van der Waals surface area (Å²) >= 11 is 5.94. The molecule has 0 saturated carbocycles. The zero-order valence-corrected chi connectivity index (χ0v) is 13.2. The summed E-state index contributed by atoms with van der Waals surface area (Å²) in [6, 6.07) is 18.1. The number of hydrogen-bond donors (Lipinski definition) is 1. The average molecular weight is 300 g/mol. The van der Waals surface area contributed by atoms with Crippen LogP contribution in [0.5, 0.6) is 0 Å². The first-order valence-corrected chi connectivity index (χ1v) is 8.16. The van der Waals surface area contributed by atoms with Crippen molar-refractivity contribution in [3.63, 3.8) is 0 Å². The van der Waals surface area contributed by atoms with Gasteiger partial charge < -0.3 is 5.32 Å². The molecule has 1 nitrogen and oxygen atoms in total. The van der Waals surface area contributed by atoms with E-state index in [4.69, 9.17) is 11.6 Å². The lowest BCUT2D eigenvalue weighted by Crippen LogP contribution is -2.41. The van der Waals surface area contributed by atoms with E-state index in [1.165, 1.54) is 29.5 Å². The predicted molar refractivity (Wildman–Crippen MR) is 90.0 cm³/mol. The molecule has 0 saturated heterocycles. The van der Waals surface area contributed by atoms with Gasteiger partial charge in [0.25, 0.3) is 0 Å². The van der Waals surface area contributed by atoms with Gasteiger partial charge in [0.2, 0.25) is 0 Å². The minimum Gasteiger partial charge on any atom is -0.311 e. The summed E-state index contributed by atoms with van der Waals surface area (Å²) in [5, 5.41) is 4.60. The fraction of sp³-hybridized carbons (Fsp3) is 0.368. The highest BCUT2D eigenvalue weighted by molar-refractivity contribution is 6.30. The number of benzene rings is 2. The Morgan fingerprint density at radius 2 is 1.81 bits per heavy atom. The molecule has 2 aromatic rings. The Labute approximate surface area is 132 Å². The molecular weight excluding hydrogens is 278 g/mol. The van der Waals surface area contributed by atoms with Crippen molar-refractivity contribution in [2.75, 3.05) is 0 Å². The Morgan fingerprint density at radius 3 is 2.57 bits per heavy atom. The first kappa shape index (κ1) is 14.6. The van der Waals surface area contributed by atoms with E-state index in [9.17, 15) is 0 Å². The zero-order valence-electron chi connectivity index (χ0n) is 12.5. The quantitative estimate of drug-likeness (QED) is 0.881. The molecule has 1 aliphatic carbocycles. The van der Waals surface area contributed by atoms with Crippen molar-refractivity contribution in [1.29, 1.82) is 0 Å². The van der Waals surface area contributed by atoms with Crippen LogP contribution in [-0.2, 0) is 19.3 Å². The Kier molecular flexibility index (Phi) is 4.62. The van der Waals surface area contributed by atoms with E-state index in [1.54, 1.807) is 0 Å². The van der Waals surface area contributed by atoms with Gasteiger partial charge in [0.15, 0.2) is 0 Å². The van der Waals surface area contributed by atoms with Crippen LogP contribution < -0.4 is 5.32 Å². The minimum atomic E-state index is 0.487. The maximum Gasteiger partial charge on any atom is 0.0406 e. The van der Waals surface area contributed by atoms with Crippen molar-refractivity contribution in [2.45, 2.75) is 44.7 Å². The SMILES string of the molecule is CC(Cc1ccc(Cl)cc1)NC1CCc2ccccc2C1. The van der Waals surface area contributed by atoms with Crippen LogP contribution in [0.2, 0.25) is 5.02 Å². The Hall–Kier alpha value is -1.31. The number of nitrogens with one attached hydrogen (secondary N) is 1. The van der Waals surface area contributed by atoms with Gasteiger partial charge in [0.1, 0.15) is 0 Å². The highest BCUT2D eigenvalue weighted by Gasteiger charge is 2.19. The second kappa shape index (κ2) is 6.64. The largest absolute Gasteiger partial charge is 0.311 e. The molecule has 0 aliphatic heterocycles. The van der Waals surface area contributed by atoms with E-state index in [0.29, 0.717) is 12.1 Å². The van der Waals surface area contributed by atoms with Crippen molar-refractivity contribution in [1.82, 2.24) is 5.32 Å². The van der Waals surface area contributed by atoms with Crippen LogP contribution in [0, 0.1) is 0 Å². The summed E-state index contributed by atoms with van der Waals surface area (Å²) in [7, 11) is 0. The summed E-state index contributed by atoms with van der Waals surface area (Å²) in [5.74, 6) is 0. The van der Waals surface area contributed by atoms with Gasteiger partial charge in [-0.05, 0) is 61.4 Å². The molecule has 0 radical (unpaired) electrons. The monoisotopic (exact) mass is 299 g/mol. The average Bonchev–Trinajstić information content (AvgIpc) is 2.49. The molecule has 2 atom stereocenters. The summed E-state index contributed by atoms with van der Waals surface area (Å²) in [5.41, 5.74) is 4.39. The van der Waals surface area contributed by atoms with E-state index < -0.39 is 0 Å². The van der Waals surface area contributed by atoms with E-state index in [-0.39, 0.29) is 0 Å². The lowest BCUT2D eigenvalue weighted by atomic mass is 9.88. The van der Waals surface area contributed by atoms with Crippen molar-refractivity contribution in [3.8, 4) is 0 Å². The summed E-state index contributed by atoms with van der Waals surface area (Å²) < 4.78 is 0. The maximum absolute atomic E-state index is 5.94. The number of fused-ring (bicyclic) bond motifs is 1. The highest BCUT2D eigenvalue weighted by Crippen LogP contribution is 2.21. The van der Waals surface area contributed by atoms with Gasteiger partial charge >= 0.3 is 0 Å². The molecule has 110 valence electrons. The van der Waals surface area contributed by atoms with Crippen molar-refractivity contribution < 1.29 is 0 Å². The minimum absolute atomic E-state index is 0.487. The van der Waals surface area contributed by atoms with Gasteiger partial charge in [-0.15, -0.1) is 0 Å². The molecule has 0 heterocycles. The molecule has 0 aromatic heterocycles. The first-order chi connectivity index (χ1) is 10.2. The third-order valence-electron chi connectivity index (χ3n) is 4.32. The summed E-state index contributed by atoms with van der Waals surface area (Å²) in [6.45, 7) is 2.27. The Morgan fingerprint density at radius 1 is 1.10 bits per heavy atom. The van der Waals surface area contributed by atoms with Crippen LogP contribution in [0.15, 0.2) is 48.5 Å². The van der Waals surface area contributed by atoms with Gasteiger partial charge in [0.05, 0.1) is 0 Å². The highest BCUT2D eigenvalue weighted by atomic mass is 35.5. The second-order valence-corrected chi connectivity index (χ2v) is 6.54. The number of halogens is 1. The number of rotatable bonds is 4. The van der Waals surface area contributed by atoms with Gasteiger partial charge in [0, 0.05) is 17.1 Å². The van der Waals surface area contributed by atoms with Crippen LogP contribution in [0.3, 0.4) is 0 Å². The number of aryl methyl sites for hydroxylation is 1. The fourth-order valence-corrected chi connectivity index (χ4v) is 3.40. The molecule has 2 unspecified atom stereocenters. The van der Waals surface area contributed by atoms with Gasteiger partial charge in [-0.2, -0.15) is 0 Å². The molecule has 1 N–H and O–H groups in total. The van der Waals surface area contributed by atoms with Gasteiger partial charge in [-0.25, -0.2) is 0 Å². The molecule has 0 spiro atoms. The summed E-state index contributed by atoms with van der Waals surface area (Å²) in [6.07, 6.45) is 4.64. The topological polar surface area (TPSA) is 12.0 Å². The van der Waals surface area contributed by atoms with Gasteiger partial charge in [-0.1, -0.05) is 48.0 Å². The first-order valence-electron chi connectivity index (χ1n) is 7.78. The van der Waals surface area contributed by atoms with Crippen LogP contribution in [0.1, 0.15) is 30.0 Å². The smallest absolute Gasteiger partial charge is 0.0406 e. The second-order valence-electron chi connectivity index (χ2n) is 6.11. The van der Waals surface area contributed by atoms with Crippen LogP contribution in [0.4, 0.5) is 0 Å². The molecule has 21 heavy (non-hydrogen) atoms. The Bertz CT molecular complexity index is 591. The van der Waals surface area contributed by atoms with E-state index in [0.717, 1.165) is 17.9 Å². The molecule has 1 aliphatic rings. The lowest BCUT2D eigenvalue weighted by Gasteiger charge is -2.28. The maximum atomic E-state index is 5.94. The lowest BCUT2D eigenvalue weighted by molar-refractivity contribution is 0.405. The van der Waals surface area contributed by atoms with Gasteiger partial charge in [-0.3, -0.25) is 0 Å². The molecule has 2 heteroatoms.